The Kier molecular flexibility index (Phi) is 4.26. The first-order valence-electron chi connectivity index (χ1n) is 7.78. The molecule has 2 aromatic carbocycles. The highest BCUT2D eigenvalue weighted by Crippen LogP contribution is 2.29. The minimum atomic E-state index is -0.521. The molecular formula is C19H22O2. The predicted octanol–water partition coefficient (Wildman–Crippen LogP) is 3.85. The van der Waals surface area contributed by atoms with Gasteiger partial charge in [0, 0.05) is 12.0 Å². The van der Waals surface area contributed by atoms with E-state index in [4.69, 9.17) is 4.74 Å². The molecule has 0 fully saturated rings. The Morgan fingerprint density at radius 3 is 2.76 bits per heavy atom. The van der Waals surface area contributed by atoms with Crippen molar-refractivity contribution >= 4 is 0 Å². The van der Waals surface area contributed by atoms with Gasteiger partial charge in [0.1, 0.15) is 5.75 Å². The van der Waals surface area contributed by atoms with E-state index in [1.807, 2.05) is 31.2 Å². The highest BCUT2D eigenvalue weighted by molar-refractivity contribution is 5.38. The first kappa shape index (κ1) is 14.2. The van der Waals surface area contributed by atoms with E-state index in [1.165, 1.54) is 36.0 Å². The predicted molar refractivity (Wildman–Crippen MR) is 84.7 cm³/mol. The van der Waals surface area contributed by atoms with Crippen LogP contribution in [0.5, 0.6) is 5.75 Å². The van der Waals surface area contributed by atoms with Crippen LogP contribution in [0, 0.1) is 0 Å². The third kappa shape index (κ3) is 3.11. The van der Waals surface area contributed by atoms with Crippen LogP contribution in [0.25, 0.3) is 0 Å². The van der Waals surface area contributed by atoms with Crippen molar-refractivity contribution in [1.82, 2.24) is 0 Å². The van der Waals surface area contributed by atoms with E-state index in [9.17, 15) is 5.11 Å². The molecule has 0 amide bonds. The molecule has 0 saturated heterocycles. The average Bonchev–Trinajstić information content (AvgIpc) is 2.95. The summed E-state index contributed by atoms with van der Waals surface area (Å²) in [4.78, 5) is 0. The van der Waals surface area contributed by atoms with Crippen molar-refractivity contribution in [2.45, 2.75) is 38.7 Å². The molecule has 0 spiro atoms. The van der Waals surface area contributed by atoms with Gasteiger partial charge < -0.3 is 9.84 Å². The standard InChI is InChI=1S/C19H22O2/c1-2-21-19-9-4-3-8-17(19)18(20)13-14-10-11-15-6-5-7-16(15)12-14/h3-4,8-12,18,20H,2,5-7,13H2,1H3. The van der Waals surface area contributed by atoms with E-state index in [2.05, 4.69) is 18.2 Å². The minimum Gasteiger partial charge on any atom is -0.493 e. The van der Waals surface area contributed by atoms with Crippen molar-refractivity contribution in [3.8, 4) is 5.75 Å². The Hall–Kier alpha value is -1.80. The maximum Gasteiger partial charge on any atom is 0.125 e. The van der Waals surface area contributed by atoms with Gasteiger partial charge in [0.15, 0.2) is 0 Å². The molecule has 0 saturated carbocycles. The normalized spacial score (nSPS) is 14.8. The van der Waals surface area contributed by atoms with Crippen molar-refractivity contribution in [2.75, 3.05) is 6.61 Å². The molecule has 3 rings (SSSR count). The number of ether oxygens (including phenoxy) is 1. The second-order valence-electron chi connectivity index (χ2n) is 5.65. The maximum absolute atomic E-state index is 10.5. The molecule has 1 aliphatic carbocycles. The lowest BCUT2D eigenvalue weighted by atomic mass is 9.98. The third-order valence-electron chi connectivity index (χ3n) is 4.17. The van der Waals surface area contributed by atoms with Crippen LogP contribution < -0.4 is 4.74 Å². The van der Waals surface area contributed by atoms with Gasteiger partial charge in [-0.1, -0.05) is 36.4 Å². The Morgan fingerprint density at radius 2 is 1.90 bits per heavy atom. The fraction of sp³-hybridized carbons (Fsp3) is 0.368. The van der Waals surface area contributed by atoms with Crippen molar-refractivity contribution in [2.24, 2.45) is 0 Å². The van der Waals surface area contributed by atoms with Crippen LogP contribution >= 0.6 is 0 Å². The second kappa shape index (κ2) is 6.31. The van der Waals surface area contributed by atoms with Crippen molar-refractivity contribution in [3.63, 3.8) is 0 Å². The summed E-state index contributed by atoms with van der Waals surface area (Å²) < 4.78 is 5.61. The first-order valence-corrected chi connectivity index (χ1v) is 7.78. The fourth-order valence-corrected chi connectivity index (χ4v) is 3.13. The SMILES string of the molecule is CCOc1ccccc1C(O)Cc1ccc2c(c1)CCC2. The lowest BCUT2D eigenvalue weighted by Gasteiger charge is -2.16. The van der Waals surface area contributed by atoms with Gasteiger partial charge in [0.2, 0.25) is 0 Å². The number of hydrogen-bond acceptors (Lipinski definition) is 2. The Balaban J connectivity index is 1.78. The highest BCUT2D eigenvalue weighted by Gasteiger charge is 2.16. The van der Waals surface area contributed by atoms with Crippen molar-refractivity contribution in [1.29, 1.82) is 0 Å². The zero-order valence-electron chi connectivity index (χ0n) is 12.5. The number of aliphatic hydroxyl groups is 1. The van der Waals surface area contributed by atoms with Crippen LogP contribution in [-0.2, 0) is 19.3 Å². The Labute approximate surface area is 126 Å². The number of rotatable bonds is 5. The molecule has 2 nitrogen and oxygen atoms in total. The topological polar surface area (TPSA) is 29.5 Å². The summed E-state index contributed by atoms with van der Waals surface area (Å²) >= 11 is 0. The van der Waals surface area contributed by atoms with E-state index in [0.717, 1.165) is 11.3 Å². The zero-order chi connectivity index (χ0) is 14.7. The molecule has 2 aromatic rings. The summed E-state index contributed by atoms with van der Waals surface area (Å²) in [5, 5.41) is 10.5. The number of aliphatic hydroxyl groups excluding tert-OH is 1. The molecule has 1 aliphatic rings. The number of aryl methyl sites for hydroxylation is 2. The van der Waals surface area contributed by atoms with E-state index in [-0.39, 0.29) is 0 Å². The molecule has 0 bridgehead atoms. The van der Waals surface area contributed by atoms with Gasteiger partial charge >= 0.3 is 0 Å². The molecule has 0 heterocycles. The van der Waals surface area contributed by atoms with Gasteiger partial charge in [-0.05, 0) is 48.9 Å². The summed E-state index contributed by atoms with van der Waals surface area (Å²) in [6.45, 7) is 2.58. The monoisotopic (exact) mass is 282 g/mol. The number of benzene rings is 2. The smallest absolute Gasteiger partial charge is 0.125 e. The third-order valence-corrected chi connectivity index (χ3v) is 4.17. The van der Waals surface area contributed by atoms with E-state index in [0.29, 0.717) is 13.0 Å². The Bertz CT molecular complexity index is 619. The van der Waals surface area contributed by atoms with Crippen molar-refractivity contribution < 1.29 is 9.84 Å². The van der Waals surface area contributed by atoms with E-state index < -0.39 is 6.10 Å². The van der Waals surface area contributed by atoms with Crippen LogP contribution in [0.4, 0.5) is 0 Å². The Morgan fingerprint density at radius 1 is 1.10 bits per heavy atom. The van der Waals surface area contributed by atoms with E-state index >= 15 is 0 Å². The van der Waals surface area contributed by atoms with Gasteiger partial charge in [-0.15, -0.1) is 0 Å². The van der Waals surface area contributed by atoms with Gasteiger partial charge in [-0.25, -0.2) is 0 Å². The lowest BCUT2D eigenvalue weighted by Crippen LogP contribution is -2.05. The number of para-hydroxylation sites is 1. The summed E-state index contributed by atoms with van der Waals surface area (Å²) in [7, 11) is 0. The highest BCUT2D eigenvalue weighted by atomic mass is 16.5. The molecule has 110 valence electrons. The molecule has 2 heteroatoms. The zero-order valence-corrected chi connectivity index (χ0v) is 12.5. The van der Waals surface area contributed by atoms with Crippen LogP contribution in [0.2, 0.25) is 0 Å². The lowest BCUT2D eigenvalue weighted by molar-refractivity contribution is 0.172. The number of hydrogen-bond donors (Lipinski definition) is 1. The largest absolute Gasteiger partial charge is 0.493 e. The minimum absolute atomic E-state index is 0.521. The van der Waals surface area contributed by atoms with Crippen molar-refractivity contribution in [3.05, 3.63) is 64.7 Å². The van der Waals surface area contributed by atoms with Gasteiger partial charge in [-0.2, -0.15) is 0 Å². The van der Waals surface area contributed by atoms with Crippen LogP contribution in [0.1, 0.15) is 41.7 Å². The summed E-state index contributed by atoms with van der Waals surface area (Å²) in [5.74, 6) is 0.786. The molecular weight excluding hydrogens is 260 g/mol. The maximum atomic E-state index is 10.5. The molecule has 1 atom stereocenters. The quantitative estimate of drug-likeness (QED) is 0.902. The average molecular weight is 282 g/mol. The summed E-state index contributed by atoms with van der Waals surface area (Å²) in [5.41, 5.74) is 5.01. The molecule has 1 N–H and O–H groups in total. The van der Waals surface area contributed by atoms with Gasteiger partial charge in [0.25, 0.3) is 0 Å². The molecule has 21 heavy (non-hydrogen) atoms. The van der Waals surface area contributed by atoms with E-state index in [1.54, 1.807) is 0 Å². The molecule has 0 radical (unpaired) electrons. The second-order valence-corrected chi connectivity index (χ2v) is 5.65. The molecule has 1 unspecified atom stereocenters. The van der Waals surface area contributed by atoms with Gasteiger partial charge in [-0.3, -0.25) is 0 Å². The van der Waals surface area contributed by atoms with Gasteiger partial charge in [0.05, 0.1) is 12.7 Å². The van der Waals surface area contributed by atoms with Crippen LogP contribution in [0.3, 0.4) is 0 Å². The van der Waals surface area contributed by atoms with Crippen LogP contribution in [-0.4, -0.2) is 11.7 Å². The first-order chi connectivity index (χ1) is 10.3. The summed E-state index contributed by atoms with van der Waals surface area (Å²) in [6.07, 6.45) is 3.75. The summed E-state index contributed by atoms with van der Waals surface area (Å²) in [6, 6.07) is 14.4. The molecule has 0 aromatic heterocycles. The van der Waals surface area contributed by atoms with Crippen LogP contribution in [0.15, 0.2) is 42.5 Å². The molecule has 0 aliphatic heterocycles. The number of fused-ring (bicyclic) bond motifs is 1. The fourth-order valence-electron chi connectivity index (χ4n) is 3.13.